The van der Waals surface area contributed by atoms with Crippen LogP contribution in [-0.2, 0) is 0 Å². The fraction of sp³-hybridized carbons (Fsp3) is 0.100. The molecule has 28 heavy (non-hydrogen) atoms. The van der Waals surface area contributed by atoms with Gasteiger partial charge in [0.05, 0.1) is 0 Å². The molecule has 0 spiro atoms. The fourth-order valence-corrected chi connectivity index (χ4v) is 2.55. The summed E-state index contributed by atoms with van der Waals surface area (Å²) in [4.78, 5) is 31.9. The maximum absolute atomic E-state index is 12.2. The number of aromatic nitrogens is 2. The topological polar surface area (TPSA) is 96.0 Å². The number of urea groups is 1. The number of carbonyl (C=O) groups excluding carboxylic acids is 2. The Morgan fingerprint density at radius 2 is 1.46 bits per heavy atom. The highest BCUT2D eigenvalue weighted by molar-refractivity contribution is 6.30. The first-order valence-corrected chi connectivity index (χ1v) is 8.94. The van der Waals surface area contributed by atoms with Crippen LogP contribution in [0.3, 0.4) is 0 Å². The highest BCUT2D eigenvalue weighted by Crippen LogP contribution is 2.17. The zero-order valence-electron chi connectivity index (χ0n) is 14.9. The summed E-state index contributed by atoms with van der Waals surface area (Å²) in [6.45, 7) is 0.603. The minimum Gasteiger partial charge on any atom is -0.350 e. The van der Waals surface area contributed by atoms with Gasteiger partial charge in [-0.05, 0) is 42.0 Å². The molecule has 0 bridgehead atoms. The SMILES string of the molecule is O=C(NCCNC(=O)c1ccc(-c2cncnc2)cc1)Nc1ccc(Cl)cc1. The third-order valence-electron chi connectivity index (χ3n) is 3.84. The number of nitrogens with one attached hydrogen (secondary N) is 3. The molecule has 0 aliphatic carbocycles. The Balaban J connectivity index is 1.41. The van der Waals surface area contributed by atoms with Crippen molar-refractivity contribution in [2.75, 3.05) is 18.4 Å². The molecule has 0 unspecified atom stereocenters. The summed E-state index contributed by atoms with van der Waals surface area (Å²) in [5.41, 5.74) is 2.98. The van der Waals surface area contributed by atoms with Crippen LogP contribution in [-0.4, -0.2) is 35.0 Å². The van der Waals surface area contributed by atoms with Gasteiger partial charge in [-0.1, -0.05) is 23.7 Å². The minimum atomic E-state index is -0.356. The highest BCUT2D eigenvalue weighted by Gasteiger charge is 2.06. The van der Waals surface area contributed by atoms with E-state index in [1.165, 1.54) is 6.33 Å². The van der Waals surface area contributed by atoms with E-state index >= 15 is 0 Å². The number of benzene rings is 2. The molecule has 8 heteroatoms. The van der Waals surface area contributed by atoms with Gasteiger partial charge >= 0.3 is 6.03 Å². The highest BCUT2D eigenvalue weighted by atomic mass is 35.5. The summed E-state index contributed by atoms with van der Waals surface area (Å²) in [5.74, 6) is -0.212. The summed E-state index contributed by atoms with van der Waals surface area (Å²) < 4.78 is 0. The summed E-state index contributed by atoms with van der Waals surface area (Å²) in [7, 11) is 0. The molecule has 0 aliphatic heterocycles. The smallest absolute Gasteiger partial charge is 0.319 e. The van der Waals surface area contributed by atoms with Crippen molar-refractivity contribution in [3.63, 3.8) is 0 Å². The molecular formula is C20H18ClN5O2. The van der Waals surface area contributed by atoms with Crippen molar-refractivity contribution in [1.29, 1.82) is 0 Å². The van der Waals surface area contributed by atoms with Gasteiger partial charge in [0.25, 0.3) is 5.91 Å². The van der Waals surface area contributed by atoms with E-state index in [1.54, 1.807) is 48.8 Å². The Labute approximate surface area is 167 Å². The number of anilines is 1. The van der Waals surface area contributed by atoms with Crippen molar-refractivity contribution in [1.82, 2.24) is 20.6 Å². The molecule has 0 radical (unpaired) electrons. The van der Waals surface area contributed by atoms with Crippen molar-refractivity contribution < 1.29 is 9.59 Å². The van der Waals surface area contributed by atoms with Gasteiger partial charge in [-0.15, -0.1) is 0 Å². The van der Waals surface area contributed by atoms with Gasteiger partial charge in [-0.25, -0.2) is 14.8 Å². The molecule has 7 nitrogen and oxygen atoms in total. The van der Waals surface area contributed by atoms with E-state index in [1.807, 2.05) is 12.1 Å². The monoisotopic (exact) mass is 395 g/mol. The Morgan fingerprint density at radius 1 is 0.821 bits per heavy atom. The number of carbonyl (C=O) groups is 2. The van der Waals surface area contributed by atoms with Gasteiger partial charge in [0.1, 0.15) is 6.33 Å². The average molecular weight is 396 g/mol. The van der Waals surface area contributed by atoms with Gasteiger partial charge in [0, 0.05) is 47.3 Å². The van der Waals surface area contributed by atoms with Crippen LogP contribution < -0.4 is 16.0 Å². The van der Waals surface area contributed by atoms with E-state index in [4.69, 9.17) is 11.6 Å². The lowest BCUT2D eigenvalue weighted by Gasteiger charge is -2.09. The molecule has 3 N–H and O–H groups in total. The lowest BCUT2D eigenvalue weighted by molar-refractivity contribution is 0.0954. The lowest BCUT2D eigenvalue weighted by Crippen LogP contribution is -2.36. The van der Waals surface area contributed by atoms with E-state index in [9.17, 15) is 9.59 Å². The van der Waals surface area contributed by atoms with Crippen LogP contribution in [0, 0.1) is 0 Å². The normalized spacial score (nSPS) is 10.2. The van der Waals surface area contributed by atoms with Crippen molar-refractivity contribution in [3.05, 3.63) is 77.8 Å². The summed E-state index contributed by atoms with van der Waals surface area (Å²) >= 11 is 5.80. The molecule has 0 saturated heterocycles. The second-order valence-electron chi connectivity index (χ2n) is 5.85. The molecule has 0 aliphatic rings. The number of rotatable bonds is 6. The summed E-state index contributed by atoms with van der Waals surface area (Å²) in [6, 6.07) is 13.6. The van der Waals surface area contributed by atoms with Gasteiger partial charge < -0.3 is 16.0 Å². The number of hydrogen-bond donors (Lipinski definition) is 3. The number of halogens is 1. The Hall–Kier alpha value is -3.45. The lowest BCUT2D eigenvalue weighted by atomic mass is 10.1. The molecule has 0 atom stereocenters. The molecule has 3 rings (SSSR count). The van der Waals surface area contributed by atoms with Crippen LogP contribution in [0.15, 0.2) is 67.3 Å². The van der Waals surface area contributed by atoms with Gasteiger partial charge in [-0.2, -0.15) is 0 Å². The molecule has 142 valence electrons. The second kappa shape index (κ2) is 9.48. The van der Waals surface area contributed by atoms with Crippen molar-refractivity contribution in [2.24, 2.45) is 0 Å². The predicted octanol–water partition coefficient (Wildman–Crippen LogP) is 3.35. The molecule has 3 aromatic rings. The van der Waals surface area contributed by atoms with Crippen LogP contribution >= 0.6 is 11.6 Å². The predicted molar refractivity (Wildman–Crippen MR) is 108 cm³/mol. The standard InChI is InChI=1S/C20H18ClN5O2/c21-17-5-7-18(8-6-17)26-20(28)25-10-9-24-19(27)15-3-1-14(2-4-15)16-11-22-13-23-12-16/h1-8,11-13H,9-10H2,(H,24,27)(H2,25,26,28). The molecule has 1 aromatic heterocycles. The van der Waals surface area contributed by atoms with Gasteiger partial charge in [-0.3, -0.25) is 4.79 Å². The molecule has 3 amide bonds. The fourth-order valence-electron chi connectivity index (χ4n) is 2.42. The molecule has 0 fully saturated rings. The van der Waals surface area contributed by atoms with Crippen LogP contribution in [0.2, 0.25) is 5.02 Å². The number of nitrogens with zero attached hydrogens (tertiary/aromatic N) is 2. The van der Waals surface area contributed by atoms with Crippen LogP contribution in [0.1, 0.15) is 10.4 Å². The Bertz CT molecular complexity index is 931. The quantitative estimate of drug-likeness (QED) is 0.558. The molecule has 2 aromatic carbocycles. The van der Waals surface area contributed by atoms with E-state index in [0.29, 0.717) is 29.4 Å². The zero-order chi connectivity index (χ0) is 19.8. The zero-order valence-corrected chi connectivity index (χ0v) is 15.6. The van der Waals surface area contributed by atoms with Crippen LogP contribution in [0.25, 0.3) is 11.1 Å². The maximum atomic E-state index is 12.2. The number of hydrogen-bond acceptors (Lipinski definition) is 4. The largest absolute Gasteiger partial charge is 0.350 e. The summed E-state index contributed by atoms with van der Waals surface area (Å²) in [6.07, 6.45) is 4.89. The Morgan fingerprint density at radius 3 is 2.14 bits per heavy atom. The second-order valence-corrected chi connectivity index (χ2v) is 6.28. The molecular weight excluding hydrogens is 378 g/mol. The first-order valence-electron chi connectivity index (χ1n) is 8.56. The molecule has 0 saturated carbocycles. The van der Waals surface area contributed by atoms with Crippen LogP contribution in [0.5, 0.6) is 0 Å². The third kappa shape index (κ3) is 5.52. The summed E-state index contributed by atoms with van der Waals surface area (Å²) in [5, 5.41) is 8.71. The first kappa shape index (κ1) is 19.3. The van der Waals surface area contributed by atoms with E-state index < -0.39 is 0 Å². The van der Waals surface area contributed by atoms with E-state index in [-0.39, 0.29) is 11.9 Å². The third-order valence-corrected chi connectivity index (χ3v) is 4.09. The van der Waals surface area contributed by atoms with Crippen molar-refractivity contribution >= 4 is 29.2 Å². The van der Waals surface area contributed by atoms with Gasteiger partial charge in [0.2, 0.25) is 0 Å². The van der Waals surface area contributed by atoms with E-state index in [0.717, 1.165) is 11.1 Å². The van der Waals surface area contributed by atoms with Crippen LogP contribution in [0.4, 0.5) is 10.5 Å². The number of amides is 3. The van der Waals surface area contributed by atoms with Crippen molar-refractivity contribution in [2.45, 2.75) is 0 Å². The van der Waals surface area contributed by atoms with E-state index in [2.05, 4.69) is 25.9 Å². The first-order chi connectivity index (χ1) is 13.6. The van der Waals surface area contributed by atoms with Gasteiger partial charge in [0.15, 0.2) is 0 Å². The molecule has 1 heterocycles. The minimum absolute atomic E-state index is 0.212. The van der Waals surface area contributed by atoms with Crippen molar-refractivity contribution in [3.8, 4) is 11.1 Å². The maximum Gasteiger partial charge on any atom is 0.319 e. The Kier molecular flexibility index (Phi) is 6.54. The average Bonchev–Trinajstić information content (AvgIpc) is 2.73.